The number of cyclic esters (lactones) is 2. The molecule has 2 aliphatic heterocycles. The van der Waals surface area contributed by atoms with Crippen molar-refractivity contribution >= 4 is 35.4 Å². The smallest absolute Gasteiger partial charge is 0.410 e. The normalized spacial score (nSPS) is 19.2. The largest absolute Gasteiger partial charge is 0.443 e. The lowest BCUT2D eigenvalue weighted by Gasteiger charge is -2.06. The number of aromatic nitrogens is 3. The number of likely N-dealkylation sites (N-methyl/N-ethyl adjacent to an activating group) is 2. The maximum atomic E-state index is 11.0. The van der Waals surface area contributed by atoms with Gasteiger partial charge in [0.2, 0.25) is 0 Å². The second-order valence-corrected chi connectivity index (χ2v) is 7.83. The number of halogens is 2. The van der Waals surface area contributed by atoms with Gasteiger partial charge >= 0.3 is 12.2 Å². The molecule has 0 unspecified atom stereocenters. The van der Waals surface area contributed by atoms with E-state index in [1.807, 2.05) is 13.1 Å². The molecule has 0 aromatic carbocycles. The highest BCUT2D eigenvalue weighted by Crippen LogP contribution is 2.10. The van der Waals surface area contributed by atoms with Crippen molar-refractivity contribution in [3.8, 4) is 0 Å². The monoisotopic (exact) mass is 482 g/mol. The molecular formula is C19H36Cl2N6O4. The van der Waals surface area contributed by atoms with Gasteiger partial charge in [0.25, 0.3) is 0 Å². The Morgan fingerprint density at radius 1 is 1.19 bits per heavy atom. The van der Waals surface area contributed by atoms with Gasteiger partial charge in [0.15, 0.2) is 0 Å². The molecule has 1 aromatic rings. The van der Waals surface area contributed by atoms with Gasteiger partial charge in [0.1, 0.15) is 17.0 Å². The molecule has 2 amide bonds. The summed E-state index contributed by atoms with van der Waals surface area (Å²) in [4.78, 5) is 24.3. The number of nitrogens with zero attached hydrogens (tertiary/aromatic N) is 5. The second kappa shape index (κ2) is 14.9. The van der Waals surface area contributed by atoms with Gasteiger partial charge in [-0.2, -0.15) is 0 Å². The lowest BCUT2D eigenvalue weighted by molar-refractivity contribution is 0.124. The van der Waals surface area contributed by atoms with Crippen LogP contribution in [0.2, 0.25) is 0 Å². The van der Waals surface area contributed by atoms with Crippen LogP contribution in [-0.4, -0.2) is 87.8 Å². The van der Waals surface area contributed by atoms with E-state index in [1.165, 1.54) is 4.90 Å². The Morgan fingerprint density at radius 2 is 1.65 bits per heavy atom. The molecule has 2 N–H and O–H groups in total. The summed E-state index contributed by atoms with van der Waals surface area (Å²) in [6.07, 6.45) is 1.07. The summed E-state index contributed by atoms with van der Waals surface area (Å²) in [6.45, 7) is 9.35. The average molecular weight is 483 g/mol. The fourth-order valence-electron chi connectivity index (χ4n) is 2.21. The molecule has 1 aromatic heterocycles. The third-order valence-electron chi connectivity index (χ3n) is 3.79. The minimum absolute atomic E-state index is 0. The number of hydrogen-bond acceptors (Lipinski definition) is 7. The molecule has 2 saturated heterocycles. The summed E-state index contributed by atoms with van der Waals surface area (Å²) in [5.41, 5.74) is 6.91. The Kier molecular flexibility index (Phi) is 14.9. The maximum absolute atomic E-state index is 11.0. The van der Waals surface area contributed by atoms with Crippen molar-refractivity contribution in [1.29, 1.82) is 0 Å². The Labute approximate surface area is 195 Å². The Morgan fingerprint density at radius 3 is 1.90 bits per heavy atom. The molecule has 2 fully saturated rings. The number of hydrogen-bond donors (Lipinski definition) is 1. The number of rotatable bonds is 4. The molecule has 10 nitrogen and oxygen atoms in total. The van der Waals surface area contributed by atoms with Crippen LogP contribution in [0, 0.1) is 6.92 Å². The van der Waals surface area contributed by atoms with Crippen LogP contribution < -0.4 is 5.73 Å². The third kappa shape index (κ3) is 11.2. The van der Waals surface area contributed by atoms with Crippen LogP contribution in [0.3, 0.4) is 0 Å². The lowest BCUT2D eigenvalue weighted by Crippen LogP contribution is -2.24. The molecule has 0 bridgehead atoms. The van der Waals surface area contributed by atoms with Crippen molar-refractivity contribution in [2.24, 2.45) is 5.73 Å². The minimum Gasteiger partial charge on any atom is -0.443 e. The number of ether oxygens (including phenoxy) is 2. The SMILES string of the molecule is C.C.C=C(C)C(Cl)Cl.CN1C[C@H](CN)OC1=O.Cc1cn(C[C@H]2CN(C)C(=O)O2)nn1. The van der Waals surface area contributed by atoms with Crippen molar-refractivity contribution in [2.45, 2.75) is 52.3 Å². The molecule has 2 atom stereocenters. The number of carbonyl (C=O) groups excluding carboxylic acids is 2. The molecule has 0 radical (unpaired) electrons. The van der Waals surface area contributed by atoms with Gasteiger partial charge in [-0.25, -0.2) is 14.3 Å². The predicted molar refractivity (Wildman–Crippen MR) is 123 cm³/mol. The molecule has 3 heterocycles. The van der Waals surface area contributed by atoms with Gasteiger partial charge in [-0.05, 0) is 19.4 Å². The molecule has 31 heavy (non-hydrogen) atoms. The standard InChI is InChI=1S/C8H12N4O2.C5H10N2O2.C4H6Cl2.2CH4/c1-6-3-12(10-9-6)5-7-4-11(2)8(13)14-7;1-7-3-4(2-6)9-5(7)8;1-3(2)4(5)6;;/h3,7H,4-5H2,1-2H3;4H,2-3,6H2,1H3;4H,1H2,2H3;2*1H4/t7-;4-;;;/m10.../s1. The van der Waals surface area contributed by atoms with Crippen molar-refractivity contribution < 1.29 is 19.1 Å². The summed E-state index contributed by atoms with van der Waals surface area (Å²) in [7, 11) is 3.41. The molecule has 0 aliphatic carbocycles. The van der Waals surface area contributed by atoms with Gasteiger partial charge in [-0.1, -0.05) is 26.6 Å². The first-order valence-corrected chi connectivity index (χ1v) is 9.74. The van der Waals surface area contributed by atoms with Gasteiger partial charge in [0, 0.05) is 26.8 Å². The zero-order valence-electron chi connectivity index (χ0n) is 17.0. The van der Waals surface area contributed by atoms with Gasteiger partial charge < -0.3 is 25.0 Å². The van der Waals surface area contributed by atoms with E-state index in [0.29, 0.717) is 26.2 Å². The summed E-state index contributed by atoms with van der Waals surface area (Å²) >= 11 is 10.6. The highest BCUT2D eigenvalue weighted by atomic mass is 35.5. The van der Waals surface area contributed by atoms with E-state index >= 15 is 0 Å². The summed E-state index contributed by atoms with van der Waals surface area (Å²) in [5.74, 6) is 0. The second-order valence-electron chi connectivity index (χ2n) is 6.74. The number of allylic oxidation sites excluding steroid dienone is 1. The van der Waals surface area contributed by atoms with E-state index in [-0.39, 0.29) is 39.2 Å². The molecule has 180 valence electrons. The molecule has 0 spiro atoms. The predicted octanol–water partition coefficient (Wildman–Crippen LogP) is 3.07. The quantitative estimate of drug-likeness (QED) is 0.517. The summed E-state index contributed by atoms with van der Waals surface area (Å²) in [6, 6.07) is 0. The van der Waals surface area contributed by atoms with Crippen LogP contribution in [-0.2, 0) is 16.0 Å². The number of amides is 2. The van der Waals surface area contributed by atoms with E-state index < -0.39 is 4.84 Å². The first-order valence-electron chi connectivity index (χ1n) is 8.87. The molecule has 0 saturated carbocycles. The topological polar surface area (TPSA) is 116 Å². The van der Waals surface area contributed by atoms with Crippen molar-refractivity contribution in [2.75, 3.05) is 33.7 Å². The number of carbonyl (C=O) groups is 2. The van der Waals surface area contributed by atoms with E-state index in [4.69, 9.17) is 38.4 Å². The number of alkyl halides is 2. The number of aryl methyl sites for hydroxylation is 1. The van der Waals surface area contributed by atoms with Gasteiger partial charge in [-0.15, -0.1) is 28.3 Å². The van der Waals surface area contributed by atoms with E-state index in [9.17, 15) is 9.59 Å². The van der Waals surface area contributed by atoms with Crippen LogP contribution >= 0.6 is 23.2 Å². The fraction of sp³-hybridized carbons (Fsp3) is 0.684. The highest BCUT2D eigenvalue weighted by Gasteiger charge is 2.28. The van der Waals surface area contributed by atoms with Crippen LogP contribution in [0.5, 0.6) is 0 Å². The molecule has 2 aliphatic rings. The fourth-order valence-corrected chi connectivity index (χ4v) is 2.21. The maximum Gasteiger partial charge on any atom is 0.410 e. The van der Waals surface area contributed by atoms with Gasteiger partial charge in [0.05, 0.1) is 25.3 Å². The molecular weight excluding hydrogens is 447 g/mol. The van der Waals surface area contributed by atoms with E-state index in [0.717, 1.165) is 11.3 Å². The number of nitrogens with two attached hydrogens (primary N) is 1. The Balaban J connectivity index is 0. The zero-order valence-corrected chi connectivity index (χ0v) is 18.6. The van der Waals surface area contributed by atoms with Crippen molar-refractivity contribution in [3.05, 3.63) is 24.0 Å². The lowest BCUT2D eigenvalue weighted by atomic mass is 10.3. The first kappa shape index (κ1) is 31.1. The molecule has 3 rings (SSSR count). The van der Waals surface area contributed by atoms with Crippen molar-refractivity contribution in [3.63, 3.8) is 0 Å². The Bertz CT molecular complexity index is 701. The summed E-state index contributed by atoms with van der Waals surface area (Å²) < 4.78 is 11.6. The highest BCUT2D eigenvalue weighted by molar-refractivity contribution is 6.46. The zero-order chi connectivity index (χ0) is 22.1. The van der Waals surface area contributed by atoms with E-state index in [2.05, 4.69) is 16.9 Å². The van der Waals surface area contributed by atoms with Crippen molar-refractivity contribution in [1.82, 2.24) is 24.8 Å². The average Bonchev–Trinajstić information content (AvgIpc) is 3.29. The van der Waals surface area contributed by atoms with Crippen LogP contribution in [0.1, 0.15) is 27.5 Å². The van der Waals surface area contributed by atoms with Crippen LogP contribution in [0.15, 0.2) is 18.3 Å². The minimum atomic E-state index is -0.398. The van der Waals surface area contributed by atoms with Crippen LogP contribution in [0.4, 0.5) is 9.59 Å². The summed E-state index contributed by atoms with van der Waals surface area (Å²) in [5, 5.41) is 7.74. The third-order valence-corrected chi connectivity index (χ3v) is 4.54. The van der Waals surface area contributed by atoms with Gasteiger partial charge in [-0.3, -0.25) is 0 Å². The van der Waals surface area contributed by atoms with E-state index in [1.54, 1.807) is 30.6 Å². The molecule has 12 heteroatoms. The first-order chi connectivity index (χ1) is 13.5. The van der Waals surface area contributed by atoms with Crippen LogP contribution in [0.25, 0.3) is 0 Å². The Hall–Kier alpha value is -2.04.